The molecule has 0 radical (unpaired) electrons. The van der Waals surface area contributed by atoms with Crippen LogP contribution in [0.1, 0.15) is 30.5 Å². The molecule has 2 fully saturated rings. The van der Waals surface area contributed by atoms with Crippen molar-refractivity contribution in [2.75, 3.05) is 19.4 Å². The third kappa shape index (κ3) is 3.02. The third-order valence-electron chi connectivity index (χ3n) is 7.21. The number of anilines is 1. The molecule has 2 saturated carbocycles. The molecule has 1 unspecified atom stereocenters. The van der Waals surface area contributed by atoms with E-state index in [1.807, 2.05) is 19.1 Å². The highest BCUT2D eigenvalue weighted by atomic mass is 35.5. The molecule has 10 heteroatoms. The van der Waals surface area contributed by atoms with E-state index in [0.717, 1.165) is 10.6 Å². The highest BCUT2D eigenvalue weighted by Gasteiger charge is 2.83. The van der Waals surface area contributed by atoms with Gasteiger partial charge in [0.05, 0.1) is 33.2 Å². The van der Waals surface area contributed by atoms with Crippen molar-refractivity contribution in [1.29, 1.82) is 0 Å². The molecule has 5 rings (SSSR count). The second-order valence-electron chi connectivity index (χ2n) is 8.88. The number of hydrogen-bond donors (Lipinski definition) is 4. The lowest BCUT2D eigenvalue weighted by molar-refractivity contribution is -0.146. The van der Waals surface area contributed by atoms with Gasteiger partial charge in [0.15, 0.2) is 5.65 Å². The van der Waals surface area contributed by atoms with Crippen molar-refractivity contribution in [3.05, 3.63) is 39.4 Å². The molecule has 33 heavy (non-hydrogen) atoms. The Kier molecular flexibility index (Phi) is 4.99. The van der Waals surface area contributed by atoms with Gasteiger partial charge < -0.3 is 25.4 Å². The van der Waals surface area contributed by atoms with Gasteiger partial charge in [0.2, 0.25) is 5.91 Å². The van der Waals surface area contributed by atoms with Crippen LogP contribution >= 0.6 is 22.9 Å². The predicted octanol–water partition coefficient (Wildman–Crippen LogP) is 2.25. The smallest absolute Gasteiger partial charge is 0.226 e. The lowest BCUT2D eigenvalue weighted by atomic mass is 9.80. The topological polar surface area (TPSA) is 112 Å². The van der Waals surface area contributed by atoms with E-state index in [1.165, 1.54) is 25.3 Å². The van der Waals surface area contributed by atoms with E-state index in [4.69, 9.17) is 16.6 Å². The summed E-state index contributed by atoms with van der Waals surface area (Å²) in [5.41, 5.74) is -0.561. The van der Waals surface area contributed by atoms with Crippen LogP contribution in [0.4, 0.5) is 5.69 Å². The highest BCUT2D eigenvalue weighted by molar-refractivity contribution is 7.16. The largest absolute Gasteiger partial charge is 0.386 e. The number of nitrogens with one attached hydrogen (secondary N) is 2. The second kappa shape index (κ2) is 7.43. The van der Waals surface area contributed by atoms with Crippen molar-refractivity contribution in [3.63, 3.8) is 0 Å². The van der Waals surface area contributed by atoms with Gasteiger partial charge in [-0.25, -0.2) is 9.97 Å². The van der Waals surface area contributed by atoms with Crippen molar-refractivity contribution >= 4 is 45.7 Å². The number of carbonyl (C=O) groups excluding carboxylic acids is 1. The van der Waals surface area contributed by atoms with Crippen LogP contribution in [-0.4, -0.2) is 56.0 Å². The number of nitrogens with zero attached hydrogens (tertiary/aromatic N) is 3. The molecule has 8 nitrogen and oxygen atoms in total. The average Bonchev–Trinajstić information content (AvgIpc) is 3.06. The minimum absolute atomic E-state index is 0.234. The van der Waals surface area contributed by atoms with E-state index >= 15 is 0 Å². The number of imidazole rings is 1. The fourth-order valence-corrected chi connectivity index (χ4v) is 6.58. The Hall–Kier alpha value is -2.64. The Morgan fingerprint density at radius 3 is 2.64 bits per heavy atom. The summed E-state index contributed by atoms with van der Waals surface area (Å²) in [6.45, 7) is 3.43. The van der Waals surface area contributed by atoms with E-state index in [9.17, 15) is 15.0 Å². The zero-order valence-electron chi connectivity index (χ0n) is 18.5. The number of rotatable bonds is 3. The molecule has 172 valence electrons. The maximum Gasteiger partial charge on any atom is 0.226 e. The summed E-state index contributed by atoms with van der Waals surface area (Å²) in [5, 5.41) is 28.6. The Bertz CT molecular complexity index is 1340. The van der Waals surface area contributed by atoms with Gasteiger partial charge >= 0.3 is 0 Å². The maximum atomic E-state index is 12.4. The summed E-state index contributed by atoms with van der Waals surface area (Å²) in [5.74, 6) is 4.63. The summed E-state index contributed by atoms with van der Waals surface area (Å²) in [6, 6.07) is 5.02. The van der Waals surface area contributed by atoms with Crippen LogP contribution in [0.15, 0.2) is 24.5 Å². The molecular weight excluding hydrogens is 462 g/mol. The predicted molar refractivity (Wildman–Crippen MR) is 127 cm³/mol. The summed E-state index contributed by atoms with van der Waals surface area (Å²) in [6.07, 6.45) is 1.63. The molecule has 3 aromatic heterocycles. The second-order valence-corrected chi connectivity index (χ2v) is 10.6. The van der Waals surface area contributed by atoms with Gasteiger partial charge in [-0.05, 0) is 42.9 Å². The lowest BCUT2D eigenvalue weighted by Crippen LogP contribution is -2.52. The molecule has 0 bridgehead atoms. The molecular formula is C23H24ClN5O3S. The van der Waals surface area contributed by atoms with Gasteiger partial charge in [0.1, 0.15) is 22.4 Å². The molecule has 6 atom stereocenters. The van der Waals surface area contributed by atoms with Crippen LogP contribution in [0.2, 0.25) is 4.34 Å². The number of pyridine rings is 1. The normalized spacial score (nSPS) is 32.2. The van der Waals surface area contributed by atoms with Crippen molar-refractivity contribution in [3.8, 4) is 11.8 Å². The molecule has 1 amide bonds. The van der Waals surface area contributed by atoms with Crippen LogP contribution < -0.4 is 10.6 Å². The molecule has 0 aliphatic heterocycles. The summed E-state index contributed by atoms with van der Waals surface area (Å²) >= 11 is 7.39. The summed E-state index contributed by atoms with van der Waals surface area (Å²) in [7, 11) is 3.33. The van der Waals surface area contributed by atoms with Crippen LogP contribution in [0, 0.1) is 29.6 Å². The van der Waals surface area contributed by atoms with E-state index in [1.54, 1.807) is 24.0 Å². The van der Waals surface area contributed by atoms with Crippen molar-refractivity contribution < 1.29 is 15.0 Å². The average molecular weight is 486 g/mol. The zero-order valence-corrected chi connectivity index (χ0v) is 20.1. The minimum atomic E-state index is -1.60. The maximum absolute atomic E-state index is 12.4. The van der Waals surface area contributed by atoms with Crippen molar-refractivity contribution in [1.82, 2.24) is 19.9 Å². The van der Waals surface area contributed by atoms with Crippen molar-refractivity contribution in [2.45, 2.75) is 31.1 Å². The van der Waals surface area contributed by atoms with E-state index in [-0.39, 0.29) is 17.7 Å². The third-order valence-corrected chi connectivity index (χ3v) is 8.36. The van der Waals surface area contributed by atoms with E-state index < -0.39 is 23.2 Å². The molecule has 3 heterocycles. The first-order valence-electron chi connectivity index (χ1n) is 10.6. The van der Waals surface area contributed by atoms with Gasteiger partial charge in [-0.2, -0.15) is 0 Å². The number of hydrogen-bond acceptors (Lipinski definition) is 7. The Morgan fingerprint density at radius 1 is 1.30 bits per heavy atom. The van der Waals surface area contributed by atoms with Crippen LogP contribution in [0.5, 0.6) is 0 Å². The number of halogens is 1. The van der Waals surface area contributed by atoms with Gasteiger partial charge in [0.25, 0.3) is 0 Å². The minimum Gasteiger partial charge on any atom is -0.386 e. The first kappa shape index (κ1) is 22.2. The SMILES string of the molecule is CNC(=O)[C@H]1[C@H](C)[C@H]2C(n3cnc4c(NC)cc(C#Cc5ccc(Cl)s5)nc43)[C@@]2(O)[C@@]1(C)O. The number of carbonyl (C=O) groups is 1. The molecule has 0 saturated heterocycles. The van der Waals surface area contributed by atoms with Gasteiger partial charge in [-0.1, -0.05) is 18.5 Å². The lowest BCUT2D eigenvalue weighted by Gasteiger charge is -2.35. The number of aromatic nitrogens is 3. The molecule has 0 spiro atoms. The van der Waals surface area contributed by atoms with E-state index in [0.29, 0.717) is 21.2 Å². The summed E-state index contributed by atoms with van der Waals surface area (Å²) < 4.78 is 2.47. The van der Waals surface area contributed by atoms with E-state index in [2.05, 4.69) is 27.5 Å². The molecule has 4 N–H and O–H groups in total. The first-order valence-corrected chi connectivity index (χ1v) is 11.8. The number of fused-ring (bicyclic) bond motifs is 2. The fourth-order valence-electron chi connectivity index (χ4n) is 5.68. The van der Waals surface area contributed by atoms with Crippen LogP contribution in [0.25, 0.3) is 11.2 Å². The molecule has 0 aromatic carbocycles. The van der Waals surface area contributed by atoms with Gasteiger partial charge in [-0.3, -0.25) is 4.79 Å². The molecule has 2 aliphatic carbocycles. The number of thiophene rings is 1. The number of amides is 1. The quantitative estimate of drug-likeness (QED) is 0.423. The number of aliphatic hydroxyl groups is 2. The van der Waals surface area contributed by atoms with Gasteiger partial charge in [0, 0.05) is 20.0 Å². The summed E-state index contributed by atoms with van der Waals surface area (Å²) in [4.78, 5) is 22.5. The van der Waals surface area contributed by atoms with Crippen LogP contribution in [-0.2, 0) is 4.79 Å². The monoisotopic (exact) mass is 485 g/mol. The van der Waals surface area contributed by atoms with Gasteiger partial charge in [-0.15, -0.1) is 11.3 Å². The standard InChI is InChI=1S/C23H24ClN5O3S/c1-11-16-19(23(16,32)22(2,31)17(11)21(30)26-4)29-10-27-18-14(25-3)9-12(28-20(18)29)5-6-13-7-8-15(24)33-13/h7-11,16-17,19,31-32H,1-4H3,(H,25,28)(H,26,30)/t11-,16+,17-,19?,22+,23-/m1/s1. The van der Waals surface area contributed by atoms with Crippen molar-refractivity contribution in [2.24, 2.45) is 17.8 Å². The Labute approximate surface area is 200 Å². The molecule has 2 aliphatic rings. The first-order chi connectivity index (χ1) is 15.6. The Balaban J connectivity index is 1.57. The fraction of sp³-hybridized carbons (Fsp3) is 0.435. The Morgan fingerprint density at radius 2 is 2.06 bits per heavy atom. The van der Waals surface area contributed by atoms with Crippen LogP contribution in [0.3, 0.4) is 0 Å². The molecule has 3 aromatic rings. The zero-order chi connectivity index (χ0) is 23.7. The highest BCUT2D eigenvalue weighted by Crippen LogP contribution is 2.72.